The van der Waals surface area contributed by atoms with Gasteiger partial charge in [0.25, 0.3) is 0 Å². The summed E-state index contributed by atoms with van der Waals surface area (Å²) in [5, 5.41) is 6.95. The maximum atomic E-state index is 13.6. The number of rotatable bonds is 2. The molecule has 3 nitrogen and oxygen atoms in total. The van der Waals surface area contributed by atoms with Crippen molar-refractivity contribution in [2.24, 2.45) is 17.6 Å². The van der Waals surface area contributed by atoms with E-state index in [0.717, 1.165) is 25.8 Å². The van der Waals surface area contributed by atoms with Gasteiger partial charge in [-0.1, -0.05) is 0 Å². The van der Waals surface area contributed by atoms with Gasteiger partial charge in [-0.05, 0) is 63.3 Å². The highest BCUT2D eigenvalue weighted by molar-refractivity contribution is 6.21. The minimum atomic E-state index is -0.812. The number of hydrogen-bond donors (Lipinski definition) is 3. The van der Waals surface area contributed by atoms with Gasteiger partial charge in [0.1, 0.15) is 6.17 Å². The number of halogens is 2. The lowest BCUT2D eigenvalue weighted by atomic mass is 9.72. The molecule has 0 aromatic carbocycles. The largest absolute Gasteiger partial charge is 0.316 e. The van der Waals surface area contributed by atoms with Gasteiger partial charge >= 0.3 is 0 Å². The summed E-state index contributed by atoms with van der Waals surface area (Å²) in [6, 6.07) is 1.01. The van der Waals surface area contributed by atoms with E-state index >= 15 is 0 Å². The molecule has 20 heavy (non-hydrogen) atoms. The zero-order valence-electron chi connectivity index (χ0n) is 12.0. The summed E-state index contributed by atoms with van der Waals surface area (Å²) in [5.41, 5.74) is 5.99. The molecule has 1 saturated carbocycles. The van der Waals surface area contributed by atoms with Crippen LogP contribution in [0.25, 0.3) is 0 Å². The van der Waals surface area contributed by atoms with Gasteiger partial charge in [-0.25, -0.2) is 4.39 Å². The van der Waals surface area contributed by atoms with Gasteiger partial charge in [-0.15, -0.1) is 11.6 Å². The van der Waals surface area contributed by atoms with Crippen molar-refractivity contribution in [3.63, 3.8) is 0 Å². The first-order valence-corrected chi connectivity index (χ1v) is 8.62. The van der Waals surface area contributed by atoms with Crippen LogP contribution in [0.15, 0.2) is 0 Å². The fourth-order valence-electron chi connectivity index (χ4n) is 4.48. The molecule has 116 valence electrons. The first-order chi connectivity index (χ1) is 9.65. The van der Waals surface area contributed by atoms with E-state index in [-0.39, 0.29) is 11.5 Å². The fourth-order valence-corrected chi connectivity index (χ4v) is 4.83. The average Bonchev–Trinajstić information content (AvgIpc) is 2.88. The summed E-state index contributed by atoms with van der Waals surface area (Å²) in [6.07, 6.45) is 6.49. The molecule has 7 unspecified atom stereocenters. The monoisotopic (exact) mass is 303 g/mol. The highest BCUT2D eigenvalue weighted by atomic mass is 35.5. The molecule has 3 aliphatic rings. The van der Waals surface area contributed by atoms with Crippen molar-refractivity contribution in [1.29, 1.82) is 0 Å². The van der Waals surface area contributed by atoms with Crippen LogP contribution < -0.4 is 16.4 Å². The van der Waals surface area contributed by atoms with E-state index in [9.17, 15) is 4.39 Å². The SMILES string of the molecule is NC1CCC(C2CCCNC2C2CCC(F)C(Cl)C2)N1. The molecule has 2 saturated heterocycles. The molecule has 3 fully saturated rings. The van der Waals surface area contributed by atoms with Gasteiger partial charge < -0.3 is 11.1 Å². The molecule has 2 heterocycles. The molecule has 7 atom stereocenters. The Balaban J connectivity index is 1.66. The molecule has 0 bridgehead atoms. The van der Waals surface area contributed by atoms with Crippen molar-refractivity contribution < 1.29 is 4.39 Å². The topological polar surface area (TPSA) is 50.1 Å². The fraction of sp³-hybridized carbons (Fsp3) is 1.00. The predicted octanol–water partition coefficient (Wildman–Crippen LogP) is 2.14. The minimum absolute atomic E-state index is 0.157. The van der Waals surface area contributed by atoms with Crippen molar-refractivity contribution in [3.05, 3.63) is 0 Å². The first-order valence-electron chi connectivity index (χ1n) is 8.18. The summed E-state index contributed by atoms with van der Waals surface area (Å²) in [5.74, 6) is 1.15. The van der Waals surface area contributed by atoms with Gasteiger partial charge in [0.05, 0.1) is 11.5 Å². The summed E-state index contributed by atoms with van der Waals surface area (Å²) in [4.78, 5) is 0. The van der Waals surface area contributed by atoms with Crippen LogP contribution in [-0.4, -0.2) is 36.3 Å². The second-order valence-electron chi connectivity index (χ2n) is 6.85. The van der Waals surface area contributed by atoms with Crippen LogP contribution in [0.1, 0.15) is 44.9 Å². The smallest absolute Gasteiger partial charge is 0.116 e. The van der Waals surface area contributed by atoms with E-state index in [1.165, 1.54) is 19.3 Å². The lowest BCUT2D eigenvalue weighted by Gasteiger charge is -2.43. The summed E-state index contributed by atoms with van der Waals surface area (Å²) in [7, 11) is 0. The highest BCUT2D eigenvalue weighted by Crippen LogP contribution is 2.38. The standard InChI is InChI=1S/C15H27ClFN3/c16-11-8-9(3-4-12(11)17)15-10(2-1-7-19-15)13-5-6-14(18)20-13/h9-15,19-20H,1-8,18H2. The van der Waals surface area contributed by atoms with E-state index in [0.29, 0.717) is 30.3 Å². The molecule has 0 spiro atoms. The Kier molecular flexibility index (Phi) is 4.86. The maximum Gasteiger partial charge on any atom is 0.116 e. The number of nitrogens with two attached hydrogens (primary N) is 1. The number of alkyl halides is 2. The molecular formula is C15H27ClFN3. The Hall–Kier alpha value is 0.1000. The zero-order chi connectivity index (χ0) is 14.1. The maximum absolute atomic E-state index is 13.6. The molecule has 0 aromatic heterocycles. The van der Waals surface area contributed by atoms with Crippen LogP contribution in [0.2, 0.25) is 0 Å². The van der Waals surface area contributed by atoms with Crippen molar-refractivity contribution in [3.8, 4) is 0 Å². The first kappa shape index (κ1) is 15.0. The molecule has 0 radical (unpaired) electrons. The molecule has 3 rings (SSSR count). The van der Waals surface area contributed by atoms with Crippen molar-refractivity contribution >= 4 is 11.6 Å². The summed E-state index contributed by atoms with van der Waals surface area (Å²) >= 11 is 6.17. The van der Waals surface area contributed by atoms with Crippen LogP contribution in [0.5, 0.6) is 0 Å². The number of piperidine rings is 1. The molecule has 2 aliphatic heterocycles. The zero-order valence-corrected chi connectivity index (χ0v) is 12.8. The van der Waals surface area contributed by atoms with Crippen LogP contribution in [0.3, 0.4) is 0 Å². The Morgan fingerprint density at radius 3 is 2.65 bits per heavy atom. The lowest BCUT2D eigenvalue weighted by Crippen LogP contribution is -2.55. The second-order valence-corrected chi connectivity index (χ2v) is 7.41. The van der Waals surface area contributed by atoms with Crippen molar-refractivity contribution in [2.75, 3.05) is 6.54 Å². The summed E-state index contributed by atoms with van der Waals surface area (Å²) in [6.45, 7) is 1.09. The molecule has 5 heteroatoms. The Morgan fingerprint density at radius 2 is 1.95 bits per heavy atom. The Labute approximate surface area is 126 Å². The molecule has 0 aromatic rings. The van der Waals surface area contributed by atoms with Crippen molar-refractivity contribution in [2.45, 2.75) is 74.7 Å². The van der Waals surface area contributed by atoms with E-state index in [4.69, 9.17) is 17.3 Å². The number of nitrogens with one attached hydrogen (secondary N) is 2. The quantitative estimate of drug-likeness (QED) is 0.685. The van der Waals surface area contributed by atoms with Gasteiger partial charge in [-0.2, -0.15) is 0 Å². The summed E-state index contributed by atoms with van der Waals surface area (Å²) < 4.78 is 13.6. The Bertz CT molecular complexity index is 330. The molecule has 1 aliphatic carbocycles. The number of hydrogen-bond acceptors (Lipinski definition) is 3. The molecule has 4 N–H and O–H groups in total. The highest BCUT2D eigenvalue weighted by Gasteiger charge is 2.41. The predicted molar refractivity (Wildman–Crippen MR) is 80.5 cm³/mol. The van der Waals surface area contributed by atoms with Crippen molar-refractivity contribution in [1.82, 2.24) is 10.6 Å². The second kappa shape index (κ2) is 6.47. The third kappa shape index (κ3) is 3.13. The van der Waals surface area contributed by atoms with Crippen LogP contribution in [-0.2, 0) is 0 Å². The minimum Gasteiger partial charge on any atom is -0.316 e. The van der Waals surface area contributed by atoms with Gasteiger partial charge in [0, 0.05) is 12.1 Å². The van der Waals surface area contributed by atoms with E-state index < -0.39 is 6.17 Å². The lowest BCUT2D eigenvalue weighted by molar-refractivity contribution is 0.118. The van der Waals surface area contributed by atoms with Crippen LogP contribution in [0, 0.1) is 11.8 Å². The molecular weight excluding hydrogens is 277 g/mol. The van der Waals surface area contributed by atoms with Crippen LogP contribution >= 0.6 is 11.6 Å². The normalized spacial score (nSPS) is 50.2. The van der Waals surface area contributed by atoms with Crippen LogP contribution in [0.4, 0.5) is 4.39 Å². The Morgan fingerprint density at radius 1 is 1.10 bits per heavy atom. The van der Waals surface area contributed by atoms with Gasteiger partial charge in [-0.3, -0.25) is 5.32 Å². The van der Waals surface area contributed by atoms with E-state index in [2.05, 4.69) is 10.6 Å². The van der Waals surface area contributed by atoms with Gasteiger partial charge in [0.2, 0.25) is 0 Å². The van der Waals surface area contributed by atoms with Gasteiger partial charge in [0.15, 0.2) is 0 Å². The third-order valence-electron chi connectivity index (χ3n) is 5.53. The molecule has 0 amide bonds. The third-order valence-corrected chi connectivity index (χ3v) is 5.98. The van der Waals surface area contributed by atoms with E-state index in [1.807, 2.05) is 0 Å². The average molecular weight is 304 g/mol. The van der Waals surface area contributed by atoms with E-state index in [1.54, 1.807) is 0 Å².